The predicted octanol–water partition coefficient (Wildman–Crippen LogP) is 4.48. The lowest BCUT2D eigenvalue weighted by Gasteiger charge is -2.24. The number of benzene rings is 2. The van der Waals surface area contributed by atoms with Crippen LogP contribution in [0, 0.1) is 0 Å². The largest absolute Gasteiger partial charge is 0.508 e. The summed E-state index contributed by atoms with van der Waals surface area (Å²) in [6.07, 6.45) is 2.57. The molecule has 5 nitrogen and oxygen atoms in total. The van der Waals surface area contributed by atoms with E-state index in [1.807, 2.05) is 19.9 Å². The van der Waals surface area contributed by atoms with Crippen LogP contribution in [0.4, 0.5) is 0 Å². The Morgan fingerprint density at radius 1 is 1.12 bits per heavy atom. The second kappa shape index (κ2) is 7.04. The van der Waals surface area contributed by atoms with Gasteiger partial charge >= 0.3 is 0 Å². The maximum absolute atomic E-state index is 10.4. The molecule has 0 amide bonds. The van der Waals surface area contributed by atoms with Crippen LogP contribution in [0.5, 0.6) is 23.0 Å². The summed E-state index contributed by atoms with van der Waals surface area (Å²) < 4.78 is 11.1. The first-order valence-corrected chi connectivity index (χ1v) is 8.35. The number of aliphatic hydroxyl groups is 1. The molecule has 1 aliphatic rings. The van der Waals surface area contributed by atoms with E-state index in [4.69, 9.17) is 9.47 Å². The first-order valence-electron chi connectivity index (χ1n) is 8.35. The van der Waals surface area contributed by atoms with Crippen LogP contribution < -0.4 is 9.47 Å². The van der Waals surface area contributed by atoms with Crippen molar-refractivity contribution in [1.82, 2.24) is 0 Å². The van der Waals surface area contributed by atoms with E-state index < -0.39 is 0 Å². The summed E-state index contributed by atoms with van der Waals surface area (Å²) in [5.41, 5.74) is 2.84. The Morgan fingerprint density at radius 2 is 1.81 bits per heavy atom. The van der Waals surface area contributed by atoms with Crippen molar-refractivity contribution < 1.29 is 24.8 Å². The Labute approximate surface area is 152 Å². The highest BCUT2D eigenvalue weighted by molar-refractivity contribution is 5.71. The summed E-state index contributed by atoms with van der Waals surface area (Å²) in [6.45, 7) is 3.94. The molecule has 2 aromatic carbocycles. The van der Waals surface area contributed by atoms with E-state index in [0.717, 1.165) is 5.57 Å². The van der Waals surface area contributed by atoms with Gasteiger partial charge in [0, 0.05) is 29.2 Å². The third-order valence-corrected chi connectivity index (χ3v) is 4.32. The van der Waals surface area contributed by atoms with Crippen LogP contribution >= 0.6 is 0 Å². The third kappa shape index (κ3) is 3.33. The van der Waals surface area contributed by atoms with Crippen molar-refractivity contribution in [3.8, 4) is 23.0 Å². The number of hydrogen-bond donors (Lipinski definition) is 3. The van der Waals surface area contributed by atoms with E-state index in [-0.39, 0.29) is 23.7 Å². The molecule has 0 atom stereocenters. The van der Waals surface area contributed by atoms with Crippen molar-refractivity contribution in [3.63, 3.8) is 0 Å². The van der Waals surface area contributed by atoms with Crippen LogP contribution in [-0.2, 0) is 12.8 Å². The molecule has 1 aliphatic heterocycles. The van der Waals surface area contributed by atoms with E-state index in [2.05, 4.69) is 0 Å². The third-order valence-electron chi connectivity index (χ3n) is 4.32. The Balaban J connectivity index is 2.05. The Hall–Kier alpha value is -3.08. The monoisotopic (exact) mass is 354 g/mol. The van der Waals surface area contributed by atoms with Crippen LogP contribution in [-0.4, -0.2) is 22.4 Å². The molecule has 0 saturated carbocycles. The fraction of sp³-hybridized carbons (Fsp3) is 0.238. The van der Waals surface area contributed by atoms with Gasteiger partial charge in [0.05, 0.1) is 7.11 Å². The van der Waals surface area contributed by atoms with Gasteiger partial charge < -0.3 is 24.8 Å². The normalized spacial score (nSPS) is 13.0. The molecular formula is C21H22O5. The number of ether oxygens (including phenoxy) is 2. The van der Waals surface area contributed by atoms with Crippen molar-refractivity contribution in [2.75, 3.05) is 7.11 Å². The maximum Gasteiger partial charge on any atom is 0.172 e. The van der Waals surface area contributed by atoms with E-state index in [1.165, 1.54) is 6.07 Å². The van der Waals surface area contributed by atoms with Crippen molar-refractivity contribution in [3.05, 3.63) is 64.4 Å². The SMILES string of the molecule is COc1ccc(C2=C(O)Cc3c(O)cc(O)c(CC=C(C)C)c3O2)cc1. The molecule has 0 spiro atoms. The summed E-state index contributed by atoms with van der Waals surface area (Å²) in [7, 11) is 1.58. The minimum Gasteiger partial charge on any atom is -0.508 e. The lowest BCUT2D eigenvalue weighted by atomic mass is 9.96. The van der Waals surface area contributed by atoms with Gasteiger partial charge in [-0.1, -0.05) is 11.6 Å². The Kier molecular flexibility index (Phi) is 4.80. The molecule has 136 valence electrons. The minimum atomic E-state index is -0.0984. The maximum atomic E-state index is 10.4. The minimum absolute atomic E-state index is 0.0248. The highest BCUT2D eigenvalue weighted by Crippen LogP contribution is 2.45. The first-order chi connectivity index (χ1) is 12.4. The Morgan fingerprint density at radius 3 is 2.42 bits per heavy atom. The fourth-order valence-corrected chi connectivity index (χ4v) is 2.89. The molecular weight excluding hydrogens is 332 g/mol. The fourth-order valence-electron chi connectivity index (χ4n) is 2.89. The van der Waals surface area contributed by atoms with Gasteiger partial charge in [-0.15, -0.1) is 0 Å². The molecule has 0 aromatic heterocycles. The standard InChI is InChI=1S/C21H22O5/c1-12(2)4-9-15-17(22)11-18(23)16-10-19(24)20(26-21(15)16)13-5-7-14(25-3)8-6-13/h4-8,11,22-24H,9-10H2,1-3H3. The number of methoxy groups -OCH3 is 1. The number of rotatable bonds is 4. The van der Waals surface area contributed by atoms with Gasteiger partial charge in [0.15, 0.2) is 5.76 Å². The smallest absolute Gasteiger partial charge is 0.172 e. The van der Waals surface area contributed by atoms with Gasteiger partial charge in [-0.2, -0.15) is 0 Å². The highest BCUT2D eigenvalue weighted by Gasteiger charge is 2.27. The molecule has 0 aliphatic carbocycles. The highest BCUT2D eigenvalue weighted by atomic mass is 16.5. The summed E-state index contributed by atoms with van der Waals surface area (Å²) in [4.78, 5) is 0. The van der Waals surface area contributed by atoms with E-state index in [9.17, 15) is 15.3 Å². The van der Waals surface area contributed by atoms with Gasteiger partial charge in [0.25, 0.3) is 0 Å². The number of phenolic OH excluding ortho intramolecular Hbond substituents is 2. The topological polar surface area (TPSA) is 79.2 Å². The summed E-state index contributed by atoms with van der Waals surface area (Å²) >= 11 is 0. The van der Waals surface area contributed by atoms with Gasteiger partial charge in [-0.3, -0.25) is 0 Å². The van der Waals surface area contributed by atoms with Crippen molar-refractivity contribution in [2.45, 2.75) is 26.7 Å². The number of aliphatic hydroxyl groups excluding tert-OH is 1. The van der Waals surface area contributed by atoms with E-state index >= 15 is 0 Å². The zero-order chi connectivity index (χ0) is 18.8. The van der Waals surface area contributed by atoms with E-state index in [0.29, 0.717) is 40.4 Å². The average molecular weight is 354 g/mol. The molecule has 0 radical (unpaired) electrons. The summed E-state index contributed by atoms with van der Waals surface area (Å²) in [5.74, 6) is 1.29. The molecule has 0 bridgehead atoms. The predicted molar refractivity (Wildman–Crippen MR) is 99.8 cm³/mol. The lowest BCUT2D eigenvalue weighted by molar-refractivity contribution is 0.347. The number of phenols is 2. The van der Waals surface area contributed by atoms with Crippen molar-refractivity contribution in [2.24, 2.45) is 0 Å². The zero-order valence-electron chi connectivity index (χ0n) is 15.0. The van der Waals surface area contributed by atoms with Crippen LogP contribution in [0.2, 0.25) is 0 Å². The second-order valence-corrected chi connectivity index (χ2v) is 6.47. The molecule has 2 aromatic rings. The van der Waals surface area contributed by atoms with Crippen molar-refractivity contribution >= 4 is 5.76 Å². The molecule has 3 rings (SSSR count). The number of allylic oxidation sites excluding steroid dienone is 3. The molecule has 5 heteroatoms. The summed E-state index contributed by atoms with van der Waals surface area (Å²) in [6, 6.07) is 8.42. The van der Waals surface area contributed by atoms with Crippen LogP contribution in [0.3, 0.4) is 0 Å². The molecule has 0 unspecified atom stereocenters. The lowest BCUT2D eigenvalue weighted by Crippen LogP contribution is -2.12. The molecule has 0 fully saturated rings. The Bertz CT molecular complexity index is 888. The molecule has 26 heavy (non-hydrogen) atoms. The van der Waals surface area contributed by atoms with Gasteiger partial charge in [-0.25, -0.2) is 0 Å². The molecule has 0 saturated heterocycles. The molecule has 1 heterocycles. The quantitative estimate of drug-likeness (QED) is 0.706. The van der Waals surface area contributed by atoms with Gasteiger partial charge in [-0.05, 0) is 44.5 Å². The van der Waals surface area contributed by atoms with Crippen LogP contribution in [0.1, 0.15) is 30.5 Å². The van der Waals surface area contributed by atoms with Gasteiger partial charge in [0.2, 0.25) is 0 Å². The van der Waals surface area contributed by atoms with Crippen LogP contribution in [0.15, 0.2) is 47.7 Å². The van der Waals surface area contributed by atoms with Crippen LogP contribution in [0.25, 0.3) is 5.76 Å². The number of fused-ring (bicyclic) bond motifs is 1. The van der Waals surface area contributed by atoms with Gasteiger partial charge in [0.1, 0.15) is 28.8 Å². The average Bonchev–Trinajstić information content (AvgIpc) is 2.61. The number of aromatic hydroxyl groups is 2. The second-order valence-electron chi connectivity index (χ2n) is 6.47. The number of hydrogen-bond acceptors (Lipinski definition) is 5. The first kappa shape index (κ1) is 17.7. The van der Waals surface area contributed by atoms with E-state index in [1.54, 1.807) is 31.4 Å². The van der Waals surface area contributed by atoms with Crippen molar-refractivity contribution in [1.29, 1.82) is 0 Å². The zero-order valence-corrected chi connectivity index (χ0v) is 15.0. The summed E-state index contributed by atoms with van der Waals surface area (Å²) in [5, 5.41) is 30.9. The molecule has 3 N–H and O–H groups in total.